The molecule has 1 aromatic carbocycles. The van der Waals surface area contributed by atoms with Crippen LogP contribution in [0.1, 0.15) is 31.9 Å². The van der Waals surface area contributed by atoms with Crippen LogP contribution in [0.25, 0.3) is 0 Å². The van der Waals surface area contributed by atoms with Crippen molar-refractivity contribution in [3.8, 4) is 11.8 Å². The second-order valence-corrected chi connectivity index (χ2v) is 8.02. The van der Waals surface area contributed by atoms with Crippen LogP contribution >= 0.6 is 11.6 Å². The maximum Gasteiger partial charge on any atom is 0.321 e. The number of fused-ring (bicyclic) bond motifs is 1. The number of carboxylic acids is 1. The molecule has 1 atom stereocenters. The molecule has 146 valence electrons. The quantitative estimate of drug-likeness (QED) is 0.678. The molecule has 0 saturated heterocycles. The molecular formula is C20H21ClN4O3. The van der Waals surface area contributed by atoms with Gasteiger partial charge in [0.1, 0.15) is 10.4 Å². The summed E-state index contributed by atoms with van der Waals surface area (Å²) in [7, 11) is 0. The fourth-order valence-corrected chi connectivity index (χ4v) is 3.22. The van der Waals surface area contributed by atoms with E-state index < -0.39 is 16.8 Å². The number of hydrogen-bond acceptors (Lipinski definition) is 6. The Morgan fingerprint density at radius 2 is 2.18 bits per heavy atom. The van der Waals surface area contributed by atoms with Crippen LogP contribution in [0.15, 0.2) is 24.4 Å². The highest BCUT2D eigenvalue weighted by atomic mass is 35.5. The zero-order valence-electron chi connectivity index (χ0n) is 15.8. The van der Waals surface area contributed by atoms with Crippen molar-refractivity contribution in [3.05, 3.63) is 40.5 Å². The molecule has 0 spiro atoms. The van der Waals surface area contributed by atoms with Crippen LogP contribution in [-0.2, 0) is 10.2 Å². The number of anilines is 3. The average Bonchev–Trinajstić information content (AvgIpc) is 2.95. The predicted molar refractivity (Wildman–Crippen MR) is 108 cm³/mol. The van der Waals surface area contributed by atoms with Crippen LogP contribution < -0.4 is 10.6 Å². The minimum atomic E-state index is -1.16. The van der Waals surface area contributed by atoms with Gasteiger partial charge in [-0.05, 0) is 31.5 Å². The Hall–Kier alpha value is -2.82. The molecule has 28 heavy (non-hydrogen) atoms. The molecule has 0 unspecified atom stereocenters. The van der Waals surface area contributed by atoms with Crippen LogP contribution in [0.2, 0.25) is 5.02 Å². The maximum atomic E-state index is 11.3. The van der Waals surface area contributed by atoms with E-state index in [0.717, 1.165) is 11.3 Å². The van der Waals surface area contributed by atoms with Crippen LogP contribution in [0.3, 0.4) is 0 Å². The molecule has 0 amide bonds. The Labute approximate surface area is 168 Å². The number of aliphatic hydroxyl groups is 1. The number of carboxylic acid groups (broad SMARTS) is 1. The first-order valence-electron chi connectivity index (χ1n) is 8.65. The lowest BCUT2D eigenvalue weighted by atomic mass is 9.85. The molecule has 0 bridgehead atoms. The Balaban J connectivity index is 2.12. The molecule has 2 aromatic rings. The highest BCUT2D eigenvalue weighted by molar-refractivity contribution is 6.33. The number of aromatic nitrogens is 2. The van der Waals surface area contributed by atoms with Crippen molar-refractivity contribution in [2.45, 2.75) is 26.2 Å². The van der Waals surface area contributed by atoms with Gasteiger partial charge < -0.3 is 20.8 Å². The number of aliphatic hydroxyl groups excluding tert-OH is 1. The van der Waals surface area contributed by atoms with Crippen molar-refractivity contribution in [2.75, 3.05) is 23.8 Å². The third-order valence-electron chi connectivity index (χ3n) is 4.85. The summed E-state index contributed by atoms with van der Waals surface area (Å²) in [6, 6.07) is 5.55. The van der Waals surface area contributed by atoms with Crippen LogP contribution in [0.5, 0.6) is 0 Å². The average molecular weight is 401 g/mol. The Kier molecular flexibility index (Phi) is 4.96. The van der Waals surface area contributed by atoms with E-state index in [1.54, 1.807) is 13.8 Å². The van der Waals surface area contributed by atoms with Crippen LogP contribution in [-0.4, -0.2) is 39.3 Å². The monoisotopic (exact) mass is 400 g/mol. The van der Waals surface area contributed by atoms with Crippen molar-refractivity contribution in [1.82, 2.24) is 9.97 Å². The van der Waals surface area contributed by atoms with Crippen molar-refractivity contribution in [2.24, 2.45) is 5.41 Å². The second kappa shape index (κ2) is 6.97. The minimum absolute atomic E-state index is 0.0637. The summed E-state index contributed by atoms with van der Waals surface area (Å²) in [6.45, 7) is 5.43. The standard InChI is InChI=1S/C20H21ClN4O3/c1-19(2,17(27)28)7-6-12-4-5-13-15(8-12)25(10-20(13,3)11-26)16-14(21)9-23-18(22)24-16/h4-5,8-9,26H,10-11H2,1-3H3,(H,27,28)(H2,22,23,24)/t20-/m0/s1. The van der Waals surface area contributed by atoms with Crippen molar-refractivity contribution >= 4 is 35.0 Å². The third kappa shape index (κ3) is 3.49. The lowest BCUT2D eigenvalue weighted by molar-refractivity contribution is -0.143. The van der Waals surface area contributed by atoms with E-state index >= 15 is 0 Å². The van der Waals surface area contributed by atoms with Crippen LogP contribution in [0.4, 0.5) is 17.5 Å². The Bertz CT molecular complexity index is 1010. The van der Waals surface area contributed by atoms with Gasteiger partial charge in [0.2, 0.25) is 5.95 Å². The van der Waals surface area contributed by atoms with Gasteiger partial charge in [0.05, 0.1) is 12.8 Å². The third-order valence-corrected chi connectivity index (χ3v) is 5.12. The molecule has 0 saturated carbocycles. The number of halogens is 1. The molecular weight excluding hydrogens is 380 g/mol. The number of nitrogens with zero attached hydrogens (tertiary/aromatic N) is 3. The van der Waals surface area contributed by atoms with Crippen molar-refractivity contribution in [1.29, 1.82) is 0 Å². The summed E-state index contributed by atoms with van der Waals surface area (Å²) in [5, 5.41) is 19.6. The van der Waals surface area contributed by atoms with Crippen molar-refractivity contribution in [3.63, 3.8) is 0 Å². The zero-order chi connectivity index (χ0) is 20.7. The molecule has 4 N–H and O–H groups in total. The summed E-state index contributed by atoms with van der Waals surface area (Å²) in [6.07, 6.45) is 1.44. The summed E-state index contributed by atoms with van der Waals surface area (Å²) in [5.41, 5.74) is 6.41. The van der Waals surface area contributed by atoms with Gasteiger partial charge in [-0.25, -0.2) is 4.98 Å². The SMILES string of the molecule is CC(C)(C#Cc1ccc2c(c1)N(c1nc(N)ncc1Cl)C[C@@]2(C)CO)C(=O)O. The molecule has 2 heterocycles. The first kappa shape index (κ1) is 19.9. The van der Waals surface area contributed by atoms with Gasteiger partial charge in [-0.15, -0.1) is 0 Å². The van der Waals surface area contributed by atoms with E-state index in [1.807, 2.05) is 30.0 Å². The summed E-state index contributed by atoms with van der Waals surface area (Å²) in [4.78, 5) is 21.3. The lowest BCUT2D eigenvalue weighted by Crippen LogP contribution is -2.32. The molecule has 1 aliphatic heterocycles. The molecule has 0 aliphatic carbocycles. The lowest BCUT2D eigenvalue weighted by Gasteiger charge is -2.24. The Morgan fingerprint density at radius 1 is 1.46 bits per heavy atom. The summed E-state index contributed by atoms with van der Waals surface area (Å²) >= 11 is 6.30. The second-order valence-electron chi connectivity index (χ2n) is 7.62. The number of nitrogens with two attached hydrogens (primary N) is 1. The number of aliphatic carboxylic acids is 1. The Morgan fingerprint density at radius 3 is 2.82 bits per heavy atom. The minimum Gasteiger partial charge on any atom is -0.480 e. The molecule has 1 aliphatic rings. The van der Waals surface area contributed by atoms with Gasteiger partial charge in [0.15, 0.2) is 5.82 Å². The fraction of sp³-hybridized carbons (Fsp3) is 0.350. The summed E-state index contributed by atoms with van der Waals surface area (Å²) in [5.74, 6) is 5.27. The van der Waals surface area contributed by atoms with E-state index in [4.69, 9.17) is 17.3 Å². The zero-order valence-corrected chi connectivity index (χ0v) is 16.6. The van der Waals surface area contributed by atoms with Crippen molar-refractivity contribution < 1.29 is 15.0 Å². The van der Waals surface area contributed by atoms with E-state index in [0.29, 0.717) is 22.9 Å². The van der Waals surface area contributed by atoms with E-state index in [2.05, 4.69) is 21.8 Å². The molecule has 0 radical (unpaired) electrons. The van der Waals surface area contributed by atoms with Gasteiger partial charge in [0, 0.05) is 23.2 Å². The number of nitrogen functional groups attached to an aromatic ring is 1. The number of carbonyl (C=O) groups is 1. The highest BCUT2D eigenvalue weighted by Crippen LogP contribution is 2.45. The number of hydrogen-bond donors (Lipinski definition) is 3. The predicted octanol–water partition coefficient (Wildman–Crippen LogP) is 2.58. The van der Waals surface area contributed by atoms with Gasteiger partial charge in [0.25, 0.3) is 0 Å². The fourth-order valence-electron chi connectivity index (χ4n) is 3.03. The van der Waals surface area contributed by atoms with Gasteiger partial charge in [-0.2, -0.15) is 4.98 Å². The molecule has 1 aromatic heterocycles. The van der Waals surface area contributed by atoms with Gasteiger partial charge >= 0.3 is 5.97 Å². The molecule has 3 rings (SSSR count). The number of benzene rings is 1. The first-order chi connectivity index (χ1) is 13.1. The molecule has 8 heteroatoms. The smallest absolute Gasteiger partial charge is 0.321 e. The maximum absolute atomic E-state index is 11.3. The van der Waals surface area contributed by atoms with E-state index in [9.17, 15) is 15.0 Å². The van der Waals surface area contributed by atoms with E-state index in [1.165, 1.54) is 6.20 Å². The molecule has 7 nitrogen and oxygen atoms in total. The molecule has 0 fully saturated rings. The van der Waals surface area contributed by atoms with Crippen LogP contribution in [0, 0.1) is 17.3 Å². The normalized spacial score (nSPS) is 18.4. The largest absolute Gasteiger partial charge is 0.480 e. The van der Waals surface area contributed by atoms with Gasteiger partial charge in [-0.1, -0.05) is 36.4 Å². The topological polar surface area (TPSA) is 113 Å². The first-order valence-corrected chi connectivity index (χ1v) is 9.03. The summed E-state index contributed by atoms with van der Waals surface area (Å²) < 4.78 is 0. The highest BCUT2D eigenvalue weighted by Gasteiger charge is 2.40. The number of rotatable bonds is 3. The van der Waals surface area contributed by atoms with Gasteiger partial charge in [-0.3, -0.25) is 4.79 Å². The van der Waals surface area contributed by atoms with E-state index in [-0.39, 0.29) is 12.6 Å².